The Labute approximate surface area is 129 Å². The highest BCUT2D eigenvalue weighted by atomic mass is 35.5. The Kier molecular flexibility index (Phi) is 3.93. The van der Waals surface area contributed by atoms with Gasteiger partial charge >= 0.3 is 0 Å². The minimum Gasteiger partial charge on any atom is -0.387 e. The Balaban J connectivity index is 1.89. The summed E-state index contributed by atoms with van der Waals surface area (Å²) in [6.07, 6.45) is -0.722. The van der Waals surface area contributed by atoms with Crippen molar-refractivity contribution in [2.45, 2.75) is 12.5 Å². The van der Waals surface area contributed by atoms with E-state index in [2.05, 4.69) is 0 Å². The van der Waals surface area contributed by atoms with E-state index in [1.54, 1.807) is 12.1 Å². The highest BCUT2D eigenvalue weighted by molar-refractivity contribution is 7.19. The fourth-order valence-corrected chi connectivity index (χ4v) is 3.43. The molecule has 5 heteroatoms. The van der Waals surface area contributed by atoms with E-state index in [0.29, 0.717) is 15.5 Å². The summed E-state index contributed by atoms with van der Waals surface area (Å²) in [6.45, 7) is 0. The molecule has 1 unspecified atom stereocenters. The smallest absolute Gasteiger partial charge is 0.126 e. The van der Waals surface area contributed by atoms with Crippen LogP contribution in [0, 0.1) is 11.6 Å². The molecule has 0 aliphatic carbocycles. The minimum absolute atomic E-state index is 0.127. The van der Waals surface area contributed by atoms with Gasteiger partial charge in [-0.2, -0.15) is 0 Å². The van der Waals surface area contributed by atoms with E-state index in [9.17, 15) is 13.9 Å². The van der Waals surface area contributed by atoms with Gasteiger partial charge in [0.1, 0.15) is 11.6 Å². The van der Waals surface area contributed by atoms with E-state index in [1.807, 2.05) is 0 Å². The third kappa shape index (κ3) is 3.07. The average molecular weight is 325 g/mol. The van der Waals surface area contributed by atoms with Crippen LogP contribution in [0.1, 0.15) is 16.5 Å². The molecule has 2 aromatic carbocycles. The number of aliphatic hydroxyl groups excluding tert-OH is 1. The van der Waals surface area contributed by atoms with Gasteiger partial charge in [0, 0.05) is 21.0 Å². The predicted molar refractivity (Wildman–Crippen MR) is 81.9 cm³/mol. The molecule has 1 atom stereocenters. The highest BCUT2D eigenvalue weighted by Gasteiger charge is 2.15. The maximum Gasteiger partial charge on any atom is 0.126 e. The summed E-state index contributed by atoms with van der Waals surface area (Å²) in [7, 11) is 0. The minimum atomic E-state index is -0.849. The van der Waals surface area contributed by atoms with Crippen LogP contribution in [-0.2, 0) is 6.42 Å². The molecule has 3 rings (SSSR count). The number of rotatable bonds is 3. The Morgan fingerprint density at radius 2 is 1.90 bits per heavy atom. The lowest BCUT2D eigenvalue weighted by molar-refractivity contribution is 0.181. The van der Waals surface area contributed by atoms with Crippen LogP contribution in [0.4, 0.5) is 8.78 Å². The van der Waals surface area contributed by atoms with Gasteiger partial charge in [-0.15, -0.1) is 11.3 Å². The Bertz CT molecular complexity index is 800. The van der Waals surface area contributed by atoms with Crippen LogP contribution in [0.3, 0.4) is 0 Å². The molecule has 1 heterocycles. The van der Waals surface area contributed by atoms with Crippen LogP contribution in [0.2, 0.25) is 5.02 Å². The van der Waals surface area contributed by atoms with Crippen molar-refractivity contribution in [3.63, 3.8) is 0 Å². The molecule has 1 N–H and O–H groups in total. The van der Waals surface area contributed by atoms with Gasteiger partial charge in [0.25, 0.3) is 0 Å². The first kappa shape index (κ1) is 14.4. The normalized spacial score (nSPS) is 12.8. The van der Waals surface area contributed by atoms with Crippen molar-refractivity contribution in [3.8, 4) is 0 Å². The maximum absolute atomic E-state index is 13.7. The molecule has 1 nitrogen and oxygen atoms in total. The van der Waals surface area contributed by atoms with Gasteiger partial charge in [-0.25, -0.2) is 8.78 Å². The lowest BCUT2D eigenvalue weighted by atomic mass is 10.1. The second kappa shape index (κ2) is 5.72. The number of hydrogen-bond acceptors (Lipinski definition) is 2. The zero-order chi connectivity index (χ0) is 15.0. The summed E-state index contributed by atoms with van der Waals surface area (Å²) < 4.78 is 27.7. The molecular weight excluding hydrogens is 314 g/mol. The summed E-state index contributed by atoms with van der Waals surface area (Å²) in [5.74, 6) is -0.715. The van der Waals surface area contributed by atoms with Gasteiger partial charge in [0.2, 0.25) is 0 Å². The maximum atomic E-state index is 13.7. The standard InChI is InChI=1S/C16H11ClF2OS/c17-11-1-3-13(19)9(5-11)7-14(20)16-8-10-6-12(18)2-4-15(10)21-16/h1-6,8,14,20H,7H2. The highest BCUT2D eigenvalue weighted by Crippen LogP contribution is 2.32. The number of halogens is 3. The Morgan fingerprint density at radius 1 is 1.10 bits per heavy atom. The summed E-state index contributed by atoms with van der Waals surface area (Å²) in [5, 5.41) is 11.4. The van der Waals surface area contributed by atoms with Crippen LogP contribution < -0.4 is 0 Å². The van der Waals surface area contributed by atoms with Crippen molar-refractivity contribution >= 4 is 33.0 Å². The third-order valence-electron chi connectivity index (χ3n) is 3.25. The van der Waals surface area contributed by atoms with Crippen molar-refractivity contribution in [2.75, 3.05) is 0 Å². The van der Waals surface area contributed by atoms with Gasteiger partial charge in [-0.05, 0) is 53.4 Å². The van der Waals surface area contributed by atoms with Crippen molar-refractivity contribution in [3.05, 3.63) is 69.6 Å². The van der Waals surface area contributed by atoms with Crippen LogP contribution in [0.25, 0.3) is 10.1 Å². The lowest BCUT2D eigenvalue weighted by Gasteiger charge is -2.09. The van der Waals surface area contributed by atoms with Gasteiger partial charge < -0.3 is 5.11 Å². The SMILES string of the molecule is OC(Cc1cc(Cl)ccc1F)c1cc2cc(F)ccc2s1. The summed E-state index contributed by atoms with van der Waals surface area (Å²) in [6, 6.07) is 10.5. The molecule has 21 heavy (non-hydrogen) atoms. The fourth-order valence-electron chi connectivity index (χ4n) is 2.21. The molecule has 0 spiro atoms. The number of aliphatic hydroxyl groups is 1. The zero-order valence-electron chi connectivity index (χ0n) is 10.8. The van der Waals surface area contributed by atoms with Crippen molar-refractivity contribution in [1.82, 2.24) is 0 Å². The van der Waals surface area contributed by atoms with E-state index in [-0.39, 0.29) is 12.2 Å². The summed E-state index contributed by atoms with van der Waals surface area (Å²) in [5.41, 5.74) is 0.360. The molecule has 0 fully saturated rings. The molecule has 108 valence electrons. The van der Waals surface area contributed by atoms with Crippen LogP contribution in [-0.4, -0.2) is 5.11 Å². The average Bonchev–Trinajstić information content (AvgIpc) is 2.86. The van der Waals surface area contributed by atoms with Crippen LogP contribution in [0.5, 0.6) is 0 Å². The molecule has 0 saturated heterocycles. The molecule has 0 bridgehead atoms. The Hall–Kier alpha value is -1.49. The van der Waals surface area contributed by atoms with E-state index in [4.69, 9.17) is 11.6 Å². The lowest BCUT2D eigenvalue weighted by Crippen LogP contribution is -2.01. The molecule has 0 saturated carbocycles. The first-order valence-corrected chi connectivity index (χ1v) is 7.53. The summed E-state index contributed by atoms with van der Waals surface area (Å²) in [4.78, 5) is 0.676. The van der Waals surface area contributed by atoms with E-state index in [1.165, 1.54) is 41.7 Å². The number of hydrogen-bond donors (Lipinski definition) is 1. The van der Waals surface area contributed by atoms with E-state index >= 15 is 0 Å². The van der Waals surface area contributed by atoms with Gasteiger partial charge in [0.05, 0.1) is 6.10 Å². The number of fused-ring (bicyclic) bond motifs is 1. The second-order valence-electron chi connectivity index (χ2n) is 4.79. The number of thiophene rings is 1. The van der Waals surface area contributed by atoms with Gasteiger partial charge in [0.15, 0.2) is 0 Å². The Morgan fingerprint density at radius 3 is 2.71 bits per heavy atom. The zero-order valence-corrected chi connectivity index (χ0v) is 12.4. The fraction of sp³-hybridized carbons (Fsp3) is 0.125. The molecular formula is C16H11ClF2OS. The molecule has 0 aliphatic rings. The molecule has 3 aromatic rings. The van der Waals surface area contributed by atoms with E-state index in [0.717, 1.165) is 10.1 Å². The number of benzene rings is 2. The largest absolute Gasteiger partial charge is 0.387 e. The molecule has 0 radical (unpaired) electrons. The van der Waals surface area contributed by atoms with Crippen LogP contribution in [0.15, 0.2) is 42.5 Å². The third-order valence-corrected chi connectivity index (χ3v) is 4.70. The molecule has 1 aromatic heterocycles. The van der Waals surface area contributed by atoms with Gasteiger partial charge in [-0.3, -0.25) is 0 Å². The molecule has 0 aliphatic heterocycles. The van der Waals surface area contributed by atoms with Crippen molar-refractivity contribution in [1.29, 1.82) is 0 Å². The van der Waals surface area contributed by atoms with Crippen LogP contribution >= 0.6 is 22.9 Å². The second-order valence-corrected chi connectivity index (χ2v) is 6.34. The first-order chi connectivity index (χ1) is 10.0. The first-order valence-electron chi connectivity index (χ1n) is 6.34. The topological polar surface area (TPSA) is 20.2 Å². The van der Waals surface area contributed by atoms with Crippen molar-refractivity contribution in [2.24, 2.45) is 0 Å². The quantitative estimate of drug-likeness (QED) is 0.710. The predicted octanol–water partition coefficient (Wildman–Crippen LogP) is 5.11. The van der Waals surface area contributed by atoms with E-state index < -0.39 is 11.9 Å². The van der Waals surface area contributed by atoms with Crippen molar-refractivity contribution < 1.29 is 13.9 Å². The van der Waals surface area contributed by atoms with Gasteiger partial charge in [-0.1, -0.05) is 11.6 Å². The molecule has 0 amide bonds. The summed E-state index contributed by atoms with van der Waals surface area (Å²) >= 11 is 7.21. The monoisotopic (exact) mass is 324 g/mol.